The van der Waals surface area contributed by atoms with Gasteiger partial charge in [-0.05, 0) is 41.1 Å². The standard InChI is InChI=1S/C11H11BrO2S/c1-7-4-8(6-14-7)10(13)5-9-2-3-11(12)15-9/h2-4,6,10,13H,5H2,1H3. The van der Waals surface area contributed by atoms with Gasteiger partial charge in [0.25, 0.3) is 0 Å². The van der Waals surface area contributed by atoms with Crippen molar-refractivity contribution in [3.8, 4) is 0 Å². The minimum atomic E-state index is -0.479. The summed E-state index contributed by atoms with van der Waals surface area (Å²) in [7, 11) is 0. The van der Waals surface area contributed by atoms with E-state index in [1.165, 1.54) is 0 Å². The van der Waals surface area contributed by atoms with E-state index in [1.54, 1.807) is 17.6 Å². The molecular formula is C11H11BrO2S. The van der Waals surface area contributed by atoms with Crippen LogP contribution in [0.25, 0.3) is 0 Å². The summed E-state index contributed by atoms with van der Waals surface area (Å²) in [5.41, 5.74) is 0.844. The number of aliphatic hydroxyl groups is 1. The van der Waals surface area contributed by atoms with Crippen LogP contribution in [0.5, 0.6) is 0 Å². The Morgan fingerprint density at radius 1 is 1.53 bits per heavy atom. The first kappa shape index (κ1) is 10.9. The molecule has 0 bridgehead atoms. The van der Waals surface area contributed by atoms with Gasteiger partial charge in [0.05, 0.1) is 16.2 Å². The SMILES string of the molecule is Cc1cc(C(O)Cc2ccc(Br)s2)co1. The molecule has 2 aromatic heterocycles. The average Bonchev–Trinajstić information content (AvgIpc) is 2.75. The lowest BCUT2D eigenvalue weighted by molar-refractivity contribution is 0.178. The van der Waals surface area contributed by atoms with Crippen LogP contribution in [0.4, 0.5) is 0 Å². The fourth-order valence-electron chi connectivity index (χ4n) is 1.41. The van der Waals surface area contributed by atoms with E-state index in [9.17, 15) is 5.11 Å². The Bertz CT molecular complexity index is 447. The molecular weight excluding hydrogens is 276 g/mol. The highest BCUT2D eigenvalue weighted by Crippen LogP contribution is 2.27. The molecule has 0 aliphatic rings. The second kappa shape index (κ2) is 4.51. The Morgan fingerprint density at radius 3 is 2.87 bits per heavy atom. The van der Waals surface area contributed by atoms with Crippen molar-refractivity contribution in [1.82, 2.24) is 0 Å². The monoisotopic (exact) mass is 286 g/mol. The Morgan fingerprint density at radius 2 is 2.33 bits per heavy atom. The smallest absolute Gasteiger partial charge is 0.101 e. The second-order valence-electron chi connectivity index (χ2n) is 3.42. The molecule has 0 saturated carbocycles. The fourth-order valence-corrected chi connectivity index (χ4v) is 2.93. The number of aliphatic hydroxyl groups excluding tert-OH is 1. The van der Waals surface area contributed by atoms with E-state index in [-0.39, 0.29) is 0 Å². The Balaban J connectivity index is 2.06. The lowest BCUT2D eigenvalue weighted by Crippen LogP contribution is -1.98. The highest BCUT2D eigenvalue weighted by molar-refractivity contribution is 9.11. The van der Waals surface area contributed by atoms with Gasteiger partial charge in [-0.3, -0.25) is 0 Å². The third-order valence-electron chi connectivity index (χ3n) is 2.16. The van der Waals surface area contributed by atoms with Gasteiger partial charge in [0.1, 0.15) is 5.76 Å². The van der Waals surface area contributed by atoms with Crippen LogP contribution >= 0.6 is 27.3 Å². The van der Waals surface area contributed by atoms with E-state index < -0.39 is 6.10 Å². The molecule has 0 aromatic carbocycles. The van der Waals surface area contributed by atoms with Crippen molar-refractivity contribution in [3.63, 3.8) is 0 Å². The molecule has 0 amide bonds. The topological polar surface area (TPSA) is 33.4 Å². The molecule has 1 unspecified atom stereocenters. The van der Waals surface area contributed by atoms with Crippen LogP contribution in [0.2, 0.25) is 0 Å². The molecule has 0 aliphatic carbocycles. The van der Waals surface area contributed by atoms with Gasteiger partial charge in [-0.25, -0.2) is 0 Å². The molecule has 2 nitrogen and oxygen atoms in total. The van der Waals surface area contributed by atoms with E-state index in [1.807, 2.05) is 25.1 Å². The summed E-state index contributed by atoms with van der Waals surface area (Å²) in [4.78, 5) is 1.16. The maximum absolute atomic E-state index is 9.93. The quantitative estimate of drug-likeness (QED) is 0.934. The zero-order valence-electron chi connectivity index (χ0n) is 8.24. The molecule has 1 atom stereocenters. The number of halogens is 1. The van der Waals surface area contributed by atoms with Gasteiger partial charge in [0.15, 0.2) is 0 Å². The lowest BCUT2D eigenvalue weighted by atomic mass is 10.1. The van der Waals surface area contributed by atoms with E-state index >= 15 is 0 Å². The molecule has 0 spiro atoms. The van der Waals surface area contributed by atoms with Gasteiger partial charge in [0, 0.05) is 16.9 Å². The molecule has 0 radical (unpaired) electrons. The number of rotatable bonds is 3. The zero-order valence-corrected chi connectivity index (χ0v) is 10.6. The summed E-state index contributed by atoms with van der Waals surface area (Å²) < 4.78 is 6.25. The fraction of sp³-hybridized carbons (Fsp3) is 0.273. The van der Waals surface area contributed by atoms with Gasteiger partial charge >= 0.3 is 0 Å². The number of thiophene rings is 1. The highest BCUT2D eigenvalue weighted by atomic mass is 79.9. The third kappa shape index (κ3) is 2.71. The summed E-state index contributed by atoms with van der Waals surface area (Å²) >= 11 is 5.04. The zero-order chi connectivity index (χ0) is 10.8. The summed E-state index contributed by atoms with van der Waals surface area (Å²) in [6.45, 7) is 1.87. The summed E-state index contributed by atoms with van der Waals surface area (Å²) in [5, 5.41) is 9.93. The molecule has 2 aromatic rings. The van der Waals surface area contributed by atoms with Crippen LogP contribution in [-0.4, -0.2) is 5.11 Å². The number of aryl methyl sites for hydroxylation is 1. The van der Waals surface area contributed by atoms with E-state index in [4.69, 9.17) is 4.42 Å². The maximum Gasteiger partial charge on any atom is 0.101 e. The Labute approximate surface area is 101 Å². The largest absolute Gasteiger partial charge is 0.469 e. The Hall–Kier alpha value is -0.580. The normalized spacial score (nSPS) is 13.0. The van der Waals surface area contributed by atoms with E-state index in [0.29, 0.717) is 6.42 Å². The molecule has 2 rings (SSSR count). The van der Waals surface area contributed by atoms with Crippen LogP contribution < -0.4 is 0 Å². The van der Waals surface area contributed by atoms with Crippen molar-refractivity contribution in [2.24, 2.45) is 0 Å². The van der Waals surface area contributed by atoms with Gasteiger partial charge in [-0.2, -0.15) is 0 Å². The first-order chi connectivity index (χ1) is 7.15. The van der Waals surface area contributed by atoms with Crippen LogP contribution in [-0.2, 0) is 6.42 Å². The van der Waals surface area contributed by atoms with Crippen LogP contribution in [0.3, 0.4) is 0 Å². The molecule has 4 heteroatoms. The number of hydrogen-bond acceptors (Lipinski definition) is 3. The molecule has 80 valence electrons. The van der Waals surface area contributed by atoms with Crippen molar-refractivity contribution in [2.75, 3.05) is 0 Å². The predicted molar refractivity (Wildman–Crippen MR) is 64.1 cm³/mol. The highest BCUT2D eigenvalue weighted by Gasteiger charge is 2.12. The minimum Gasteiger partial charge on any atom is -0.469 e. The van der Waals surface area contributed by atoms with Crippen molar-refractivity contribution in [1.29, 1.82) is 0 Å². The van der Waals surface area contributed by atoms with Crippen molar-refractivity contribution in [3.05, 3.63) is 44.4 Å². The molecule has 0 fully saturated rings. The minimum absolute atomic E-state index is 0.479. The summed E-state index contributed by atoms with van der Waals surface area (Å²) in [5.74, 6) is 0.830. The Kier molecular flexibility index (Phi) is 3.29. The van der Waals surface area contributed by atoms with Crippen molar-refractivity contribution < 1.29 is 9.52 Å². The van der Waals surface area contributed by atoms with Gasteiger partial charge in [-0.15, -0.1) is 11.3 Å². The van der Waals surface area contributed by atoms with Crippen molar-refractivity contribution in [2.45, 2.75) is 19.4 Å². The molecule has 15 heavy (non-hydrogen) atoms. The first-order valence-corrected chi connectivity index (χ1v) is 6.23. The summed E-state index contributed by atoms with van der Waals surface area (Å²) in [6, 6.07) is 5.88. The molecule has 0 aliphatic heterocycles. The molecule has 1 N–H and O–H groups in total. The van der Waals surface area contributed by atoms with E-state index in [2.05, 4.69) is 15.9 Å². The molecule has 0 saturated heterocycles. The molecule has 2 heterocycles. The maximum atomic E-state index is 9.93. The van der Waals surface area contributed by atoms with E-state index in [0.717, 1.165) is 20.0 Å². The lowest BCUT2D eigenvalue weighted by Gasteiger charge is -2.05. The van der Waals surface area contributed by atoms with Crippen LogP contribution in [0, 0.1) is 6.92 Å². The average molecular weight is 287 g/mol. The number of furan rings is 1. The number of hydrogen-bond donors (Lipinski definition) is 1. The first-order valence-electron chi connectivity index (χ1n) is 4.62. The van der Waals surface area contributed by atoms with Gasteiger partial charge in [-0.1, -0.05) is 0 Å². The third-order valence-corrected chi connectivity index (χ3v) is 3.80. The van der Waals surface area contributed by atoms with Gasteiger partial charge in [0.2, 0.25) is 0 Å². The predicted octanol–water partition coefficient (Wildman–Crippen LogP) is 3.69. The van der Waals surface area contributed by atoms with Crippen LogP contribution in [0.1, 0.15) is 22.3 Å². The van der Waals surface area contributed by atoms with Crippen molar-refractivity contribution >= 4 is 27.3 Å². The van der Waals surface area contributed by atoms with Gasteiger partial charge < -0.3 is 9.52 Å². The summed E-state index contributed by atoms with van der Waals surface area (Å²) in [6.07, 6.45) is 1.77. The second-order valence-corrected chi connectivity index (χ2v) is 5.96. The van der Waals surface area contributed by atoms with Crippen LogP contribution in [0.15, 0.2) is 32.7 Å².